The third-order valence-electron chi connectivity index (χ3n) is 2.08. The van der Waals surface area contributed by atoms with Gasteiger partial charge in [-0.15, -0.1) is 0 Å². The zero-order chi connectivity index (χ0) is 12.8. The Labute approximate surface area is 117 Å². The fourth-order valence-electron chi connectivity index (χ4n) is 1.29. The van der Waals surface area contributed by atoms with Crippen molar-refractivity contribution in [3.8, 4) is 0 Å². The van der Waals surface area contributed by atoms with Gasteiger partial charge >= 0.3 is 5.97 Å². The van der Waals surface area contributed by atoms with Gasteiger partial charge < -0.3 is 9.84 Å². The summed E-state index contributed by atoms with van der Waals surface area (Å²) in [5.41, 5.74) is 0.525. The maximum Gasteiger partial charge on any atom is 0.305 e. The Kier molecular flexibility index (Phi) is 6.08. The number of aliphatic hydroxyl groups is 1. The number of pyridine rings is 1. The van der Waals surface area contributed by atoms with Crippen LogP contribution < -0.4 is 0 Å². The summed E-state index contributed by atoms with van der Waals surface area (Å²) < 4.78 is 6.32. The molecule has 0 fully saturated rings. The summed E-state index contributed by atoms with van der Waals surface area (Å²) in [6.45, 7) is 2.11. The lowest BCUT2D eigenvalue weighted by molar-refractivity contribution is -0.143. The summed E-state index contributed by atoms with van der Waals surface area (Å²) in [5.74, 6) is -0.306. The second-order valence-electron chi connectivity index (χ2n) is 3.38. The van der Waals surface area contributed by atoms with Gasteiger partial charge in [-0.05, 0) is 51.3 Å². The second-order valence-corrected chi connectivity index (χ2v) is 5.15. The predicted octanol–water partition coefficient (Wildman–Crippen LogP) is 2.98. The smallest absolute Gasteiger partial charge is 0.305 e. The Morgan fingerprint density at radius 2 is 2.29 bits per heavy atom. The minimum atomic E-state index is -0.776. The molecule has 1 rings (SSSR count). The topological polar surface area (TPSA) is 59.4 Å². The van der Waals surface area contributed by atoms with Crippen LogP contribution >= 0.6 is 31.9 Å². The van der Waals surface area contributed by atoms with Crippen molar-refractivity contribution in [2.75, 3.05) is 6.61 Å². The molecule has 0 amide bonds. The lowest BCUT2D eigenvalue weighted by Crippen LogP contribution is -2.08. The van der Waals surface area contributed by atoms with Gasteiger partial charge in [0.05, 0.1) is 18.4 Å². The number of esters is 1. The van der Waals surface area contributed by atoms with Gasteiger partial charge in [0.2, 0.25) is 0 Å². The Hall–Kier alpha value is -0.460. The predicted molar refractivity (Wildman–Crippen MR) is 70.5 cm³/mol. The van der Waals surface area contributed by atoms with E-state index in [-0.39, 0.29) is 12.4 Å². The number of carbonyl (C=O) groups excluding carboxylic acids is 1. The minimum Gasteiger partial charge on any atom is -0.466 e. The van der Waals surface area contributed by atoms with E-state index in [2.05, 4.69) is 36.8 Å². The number of rotatable bonds is 5. The van der Waals surface area contributed by atoms with E-state index in [9.17, 15) is 9.90 Å². The van der Waals surface area contributed by atoms with Gasteiger partial charge in [-0.25, -0.2) is 0 Å². The number of aliphatic hydroxyl groups excluding tert-OH is 1. The summed E-state index contributed by atoms with van der Waals surface area (Å²) in [6.07, 6.45) is 1.31. The normalized spacial score (nSPS) is 12.2. The first-order valence-corrected chi connectivity index (χ1v) is 6.77. The molecule has 17 heavy (non-hydrogen) atoms. The molecule has 0 aromatic carbocycles. The van der Waals surface area contributed by atoms with Crippen molar-refractivity contribution >= 4 is 37.8 Å². The first kappa shape index (κ1) is 14.6. The largest absolute Gasteiger partial charge is 0.466 e. The maximum absolute atomic E-state index is 11.1. The van der Waals surface area contributed by atoms with Crippen LogP contribution in [0, 0.1) is 0 Å². The van der Waals surface area contributed by atoms with Crippen LogP contribution in [0.2, 0.25) is 0 Å². The van der Waals surface area contributed by atoms with Crippen molar-refractivity contribution in [2.45, 2.75) is 25.9 Å². The molecular formula is C11H13Br2NO3. The van der Waals surface area contributed by atoms with E-state index in [4.69, 9.17) is 4.74 Å². The van der Waals surface area contributed by atoms with E-state index in [0.29, 0.717) is 23.2 Å². The number of aromatic nitrogens is 1. The average molecular weight is 367 g/mol. The highest BCUT2D eigenvalue weighted by Crippen LogP contribution is 2.26. The van der Waals surface area contributed by atoms with E-state index < -0.39 is 6.10 Å². The number of halogens is 2. The van der Waals surface area contributed by atoms with Crippen molar-refractivity contribution in [3.05, 3.63) is 26.9 Å². The maximum atomic E-state index is 11.1. The van der Waals surface area contributed by atoms with E-state index in [0.717, 1.165) is 4.47 Å². The zero-order valence-corrected chi connectivity index (χ0v) is 12.5. The SMILES string of the molecule is CCOC(=O)CCC(O)c1ncc(Br)cc1Br. The fraction of sp³-hybridized carbons (Fsp3) is 0.455. The fourth-order valence-corrected chi connectivity index (χ4v) is 2.55. The third-order valence-corrected chi connectivity index (χ3v) is 3.15. The van der Waals surface area contributed by atoms with Crippen LogP contribution in [0.4, 0.5) is 0 Å². The van der Waals surface area contributed by atoms with Crippen LogP contribution in [0.5, 0.6) is 0 Å². The van der Waals surface area contributed by atoms with Crippen LogP contribution in [0.3, 0.4) is 0 Å². The third kappa shape index (κ3) is 4.73. The molecule has 0 aliphatic carbocycles. The molecule has 0 saturated carbocycles. The molecule has 0 radical (unpaired) electrons. The summed E-state index contributed by atoms with van der Waals surface area (Å²) in [4.78, 5) is 15.3. The molecule has 6 heteroatoms. The zero-order valence-electron chi connectivity index (χ0n) is 9.32. The Morgan fingerprint density at radius 1 is 1.59 bits per heavy atom. The van der Waals surface area contributed by atoms with Crippen LogP contribution in [0.25, 0.3) is 0 Å². The van der Waals surface area contributed by atoms with Crippen LogP contribution in [0.15, 0.2) is 21.2 Å². The van der Waals surface area contributed by atoms with E-state index in [1.165, 1.54) is 0 Å². The highest BCUT2D eigenvalue weighted by Gasteiger charge is 2.15. The van der Waals surface area contributed by atoms with Crippen LogP contribution in [-0.2, 0) is 9.53 Å². The van der Waals surface area contributed by atoms with E-state index in [1.807, 2.05) is 0 Å². The lowest BCUT2D eigenvalue weighted by atomic mass is 10.1. The summed E-state index contributed by atoms with van der Waals surface area (Å²) >= 11 is 6.60. The summed E-state index contributed by atoms with van der Waals surface area (Å²) in [5, 5.41) is 9.89. The second kappa shape index (κ2) is 7.08. The van der Waals surface area contributed by atoms with Gasteiger partial charge in [-0.2, -0.15) is 0 Å². The molecule has 0 spiro atoms. The highest BCUT2D eigenvalue weighted by atomic mass is 79.9. The van der Waals surface area contributed by atoms with E-state index in [1.54, 1.807) is 19.2 Å². The standard InChI is InChI=1S/C11H13Br2NO3/c1-2-17-10(16)4-3-9(15)11-8(13)5-7(12)6-14-11/h5-6,9,15H,2-4H2,1H3. The molecule has 4 nitrogen and oxygen atoms in total. The molecule has 94 valence electrons. The van der Waals surface area contributed by atoms with Gasteiger partial charge in [0.1, 0.15) is 0 Å². The van der Waals surface area contributed by atoms with Crippen LogP contribution in [-0.4, -0.2) is 22.7 Å². The first-order chi connectivity index (χ1) is 8.04. The van der Waals surface area contributed by atoms with Crippen molar-refractivity contribution in [3.63, 3.8) is 0 Å². The molecule has 0 saturated heterocycles. The summed E-state index contributed by atoms with van der Waals surface area (Å²) in [6, 6.07) is 1.80. The number of hydrogen-bond donors (Lipinski definition) is 1. The van der Waals surface area contributed by atoms with Crippen molar-refractivity contribution < 1.29 is 14.6 Å². The molecule has 1 atom stereocenters. The molecule has 0 bridgehead atoms. The van der Waals surface area contributed by atoms with Crippen LogP contribution in [0.1, 0.15) is 31.6 Å². The van der Waals surface area contributed by atoms with Gasteiger partial charge in [0, 0.05) is 21.6 Å². The molecule has 0 aliphatic rings. The molecule has 0 aliphatic heterocycles. The molecule has 1 aromatic rings. The monoisotopic (exact) mass is 365 g/mol. The number of ether oxygens (including phenoxy) is 1. The molecule has 1 aromatic heterocycles. The quantitative estimate of drug-likeness (QED) is 0.814. The van der Waals surface area contributed by atoms with Gasteiger partial charge in [0.25, 0.3) is 0 Å². The highest BCUT2D eigenvalue weighted by molar-refractivity contribution is 9.11. The average Bonchev–Trinajstić information content (AvgIpc) is 2.26. The molecular weight excluding hydrogens is 354 g/mol. The molecule has 1 heterocycles. The summed E-state index contributed by atoms with van der Waals surface area (Å²) in [7, 11) is 0. The van der Waals surface area contributed by atoms with Crippen molar-refractivity contribution in [1.29, 1.82) is 0 Å². The number of carbonyl (C=O) groups is 1. The van der Waals surface area contributed by atoms with E-state index >= 15 is 0 Å². The van der Waals surface area contributed by atoms with Crippen molar-refractivity contribution in [1.82, 2.24) is 4.98 Å². The molecule has 1 unspecified atom stereocenters. The first-order valence-electron chi connectivity index (χ1n) is 5.19. The Morgan fingerprint density at radius 3 is 2.88 bits per heavy atom. The van der Waals surface area contributed by atoms with Gasteiger partial charge in [-0.3, -0.25) is 9.78 Å². The van der Waals surface area contributed by atoms with Gasteiger partial charge in [0.15, 0.2) is 0 Å². The number of hydrogen-bond acceptors (Lipinski definition) is 4. The number of nitrogens with zero attached hydrogens (tertiary/aromatic N) is 1. The lowest BCUT2D eigenvalue weighted by Gasteiger charge is -2.11. The Balaban J connectivity index is 2.57. The van der Waals surface area contributed by atoms with Gasteiger partial charge in [-0.1, -0.05) is 0 Å². The van der Waals surface area contributed by atoms with Crippen molar-refractivity contribution in [2.24, 2.45) is 0 Å². The molecule has 1 N–H and O–H groups in total. The minimum absolute atomic E-state index is 0.180. The Bertz CT molecular complexity index is 398.